The number of carboxylic acid groups (broad SMARTS) is 1. The van der Waals surface area contributed by atoms with Gasteiger partial charge in [-0.25, -0.2) is 9.78 Å². The highest BCUT2D eigenvalue weighted by Crippen LogP contribution is 2.24. The van der Waals surface area contributed by atoms with Gasteiger partial charge in [0.2, 0.25) is 5.88 Å². The summed E-state index contributed by atoms with van der Waals surface area (Å²) in [5.74, 6) is -0.928. The van der Waals surface area contributed by atoms with Gasteiger partial charge >= 0.3 is 5.97 Å². The van der Waals surface area contributed by atoms with E-state index < -0.39 is 5.97 Å². The fraction of sp³-hybridized carbons (Fsp3) is 0.278. The summed E-state index contributed by atoms with van der Waals surface area (Å²) < 4.78 is 5.69. The third-order valence-electron chi connectivity index (χ3n) is 4.06. The highest BCUT2D eigenvalue weighted by atomic mass is 16.5. The summed E-state index contributed by atoms with van der Waals surface area (Å²) in [6, 6.07) is 7.97. The largest absolute Gasteiger partial charge is 0.478 e. The molecule has 0 bridgehead atoms. The Morgan fingerprint density at radius 1 is 1.25 bits per heavy atom. The van der Waals surface area contributed by atoms with E-state index in [-0.39, 0.29) is 17.6 Å². The Morgan fingerprint density at radius 3 is 2.71 bits per heavy atom. The minimum Gasteiger partial charge on any atom is -0.478 e. The molecule has 1 aliphatic rings. The summed E-state index contributed by atoms with van der Waals surface area (Å²) in [5, 5.41) is 11.9. The molecule has 3 rings (SSSR count). The number of nitrogens with zero attached hydrogens (tertiary/aromatic N) is 1. The van der Waals surface area contributed by atoms with Crippen molar-refractivity contribution in [3.05, 3.63) is 53.2 Å². The van der Waals surface area contributed by atoms with Crippen molar-refractivity contribution in [2.75, 3.05) is 5.32 Å². The molecule has 124 valence electrons. The number of carboxylic acids is 1. The minimum atomic E-state index is -1.02. The SMILES string of the molecule is Cc1ccc(NC(=O)c2ccnc(OC3CCC3)c2)cc1C(=O)O. The second kappa shape index (κ2) is 6.70. The zero-order chi connectivity index (χ0) is 17.1. The Balaban J connectivity index is 1.73. The van der Waals surface area contributed by atoms with Crippen molar-refractivity contribution >= 4 is 17.6 Å². The number of amides is 1. The zero-order valence-electron chi connectivity index (χ0n) is 13.3. The predicted molar refractivity (Wildman–Crippen MR) is 88.6 cm³/mol. The van der Waals surface area contributed by atoms with Crippen molar-refractivity contribution in [1.82, 2.24) is 4.98 Å². The maximum atomic E-state index is 12.4. The van der Waals surface area contributed by atoms with Crippen molar-refractivity contribution in [3.8, 4) is 5.88 Å². The normalized spacial score (nSPS) is 13.9. The van der Waals surface area contributed by atoms with E-state index in [9.17, 15) is 9.59 Å². The third kappa shape index (κ3) is 3.53. The van der Waals surface area contributed by atoms with Gasteiger partial charge in [-0.3, -0.25) is 4.79 Å². The van der Waals surface area contributed by atoms with Crippen molar-refractivity contribution in [2.24, 2.45) is 0 Å². The van der Waals surface area contributed by atoms with Crippen LogP contribution in [0, 0.1) is 6.92 Å². The number of hydrogen-bond acceptors (Lipinski definition) is 4. The fourth-order valence-electron chi connectivity index (χ4n) is 2.41. The molecule has 24 heavy (non-hydrogen) atoms. The topological polar surface area (TPSA) is 88.5 Å². The molecule has 1 saturated carbocycles. The zero-order valence-corrected chi connectivity index (χ0v) is 13.3. The highest BCUT2D eigenvalue weighted by molar-refractivity contribution is 6.05. The molecule has 1 aromatic carbocycles. The van der Waals surface area contributed by atoms with Gasteiger partial charge in [-0.1, -0.05) is 6.07 Å². The number of carbonyl (C=O) groups excluding carboxylic acids is 1. The van der Waals surface area contributed by atoms with Crippen LogP contribution < -0.4 is 10.1 Å². The maximum absolute atomic E-state index is 12.4. The first-order chi connectivity index (χ1) is 11.5. The Kier molecular flexibility index (Phi) is 4.46. The summed E-state index contributed by atoms with van der Waals surface area (Å²) in [5.41, 5.74) is 1.65. The highest BCUT2D eigenvalue weighted by Gasteiger charge is 2.20. The van der Waals surface area contributed by atoms with Crippen molar-refractivity contribution in [1.29, 1.82) is 0 Å². The molecule has 2 N–H and O–H groups in total. The molecule has 1 fully saturated rings. The van der Waals surface area contributed by atoms with Crippen LogP contribution in [-0.4, -0.2) is 28.1 Å². The smallest absolute Gasteiger partial charge is 0.336 e. The number of hydrogen-bond donors (Lipinski definition) is 2. The van der Waals surface area contributed by atoms with E-state index in [0.717, 1.165) is 19.3 Å². The lowest BCUT2D eigenvalue weighted by atomic mass is 9.96. The first kappa shape index (κ1) is 16.0. The average molecular weight is 326 g/mol. The Morgan fingerprint density at radius 2 is 2.04 bits per heavy atom. The molecule has 0 aliphatic heterocycles. The predicted octanol–water partition coefficient (Wildman–Crippen LogP) is 3.27. The minimum absolute atomic E-state index is 0.163. The molecule has 6 heteroatoms. The molecule has 0 spiro atoms. The lowest BCUT2D eigenvalue weighted by Gasteiger charge is -2.25. The summed E-state index contributed by atoms with van der Waals surface area (Å²) in [7, 11) is 0. The molecule has 0 atom stereocenters. The quantitative estimate of drug-likeness (QED) is 0.880. The van der Waals surface area contributed by atoms with E-state index in [2.05, 4.69) is 10.3 Å². The molecule has 1 aromatic heterocycles. The number of ether oxygens (including phenoxy) is 1. The van der Waals surface area contributed by atoms with Crippen LogP contribution in [0.1, 0.15) is 45.5 Å². The van der Waals surface area contributed by atoms with Crippen LogP contribution >= 0.6 is 0 Å². The Hall–Kier alpha value is -2.89. The van der Waals surface area contributed by atoms with Crippen LogP contribution in [-0.2, 0) is 0 Å². The summed E-state index contributed by atoms with van der Waals surface area (Å²) in [4.78, 5) is 27.7. The van der Waals surface area contributed by atoms with E-state index in [4.69, 9.17) is 9.84 Å². The van der Waals surface area contributed by atoms with Gasteiger partial charge in [0.1, 0.15) is 6.10 Å². The van der Waals surface area contributed by atoms with E-state index in [1.165, 1.54) is 12.3 Å². The van der Waals surface area contributed by atoms with Crippen molar-refractivity contribution in [3.63, 3.8) is 0 Å². The summed E-state index contributed by atoms with van der Waals surface area (Å²) in [6.07, 6.45) is 4.90. The van der Waals surface area contributed by atoms with E-state index >= 15 is 0 Å². The van der Waals surface area contributed by atoms with Gasteiger partial charge < -0.3 is 15.2 Å². The molecule has 2 aromatic rings. The number of rotatable bonds is 5. The first-order valence-corrected chi connectivity index (χ1v) is 7.81. The van der Waals surface area contributed by atoms with Gasteiger partial charge in [0, 0.05) is 23.5 Å². The number of pyridine rings is 1. The second-order valence-electron chi connectivity index (χ2n) is 5.84. The summed E-state index contributed by atoms with van der Waals surface area (Å²) in [6.45, 7) is 1.71. The molecular weight excluding hydrogens is 308 g/mol. The lowest BCUT2D eigenvalue weighted by molar-refractivity contribution is 0.0695. The molecule has 1 heterocycles. The maximum Gasteiger partial charge on any atom is 0.336 e. The number of aromatic carboxylic acids is 1. The van der Waals surface area contributed by atoms with Crippen LogP contribution in [0.2, 0.25) is 0 Å². The number of benzene rings is 1. The number of aryl methyl sites for hydroxylation is 1. The monoisotopic (exact) mass is 326 g/mol. The molecule has 6 nitrogen and oxygen atoms in total. The molecule has 0 unspecified atom stereocenters. The number of anilines is 1. The Bertz CT molecular complexity index is 784. The van der Waals surface area contributed by atoms with Gasteiger partial charge in [0.25, 0.3) is 5.91 Å². The van der Waals surface area contributed by atoms with Gasteiger partial charge in [-0.05, 0) is 49.9 Å². The van der Waals surface area contributed by atoms with Crippen molar-refractivity contribution < 1.29 is 19.4 Å². The standard InChI is InChI=1S/C18H18N2O4/c1-11-5-6-13(10-15(11)18(22)23)20-17(21)12-7-8-19-16(9-12)24-14-3-2-4-14/h5-10,14H,2-4H2,1H3,(H,20,21)(H,22,23). The summed E-state index contributed by atoms with van der Waals surface area (Å²) >= 11 is 0. The lowest BCUT2D eigenvalue weighted by Crippen LogP contribution is -2.25. The van der Waals surface area contributed by atoms with Gasteiger partial charge in [0.15, 0.2) is 0 Å². The Labute approximate surface area is 139 Å². The number of carbonyl (C=O) groups is 2. The second-order valence-corrected chi connectivity index (χ2v) is 5.84. The van der Waals surface area contributed by atoms with E-state index in [1.54, 1.807) is 31.2 Å². The van der Waals surface area contributed by atoms with Crippen LogP contribution in [0.15, 0.2) is 36.5 Å². The van der Waals surface area contributed by atoms with Gasteiger partial charge in [-0.2, -0.15) is 0 Å². The van der Waals surface area contributed by atoms with E-state index in [1.807, 2.05) is 0 Å². The molecular formula is C18H18N2O4. The molecule has 1 amide bonds. The van der Waals surface area contributed by atoms with Crippen LogP contribution in [0.3, 0.4) is 0 Å². The third-order valence-corrected chi connectivity index (χ3v) is 4.06. The molecule has 0 radical (unpaired) electrons. The van der Waals surface area contributed by atoms with Gasteiger partial charge in [-0.15, -0.1) is 0 Å². The first-order valence-electron chi connectivity index (χ1n) is 7.81. The van der Waals surface area contributed by atoms with Gasteiger partial charge in [0.05, 0.1) is 5.56 Å². The average Bonchev–Trinajstić information content (AvgIpc) is 2.53. The van der Waals surface area contributed by atoms with Crippen LogP contribution in [0.4, 0.5) is 5.69 Å². The number of aromatic nitrogens is 1. The molecule has 0 saturated heterocycles. The van der Waals surface area contributed by atoms with Crippen LogP contribution in [0.5, 0.6) is 5.88 Å². The number of nitrogens with one attached hydrogen (secondary N) is 1. The van der Waals surface area contributed by atoms with Crippen molar-refractivity contribution in [2.45, 2.75) is 32.3 Å². The molecule has 1 aliphatic carbocycles. The van der Waals surface area contributed by atoms with E-state index in [0.29, 0.717) is 22.7 Å². The fourth-order valence-corrected chi connectivity index (χ4v) is 2.41. The van der Waals surface area contributed by atoms with Crippen LogP contribution in [0.25, 0.3) is 0 Å².